The highest BCUT2D eigenvalue weighted by Crippen LogP contribution is 2.32. The molecule has 3 heterocycles. The number of ether oxygens (including phenoxy) is 2. The van der Waals surface area contributed by atoms with Gasteiger partial charge in [0.15, 0.2) is 5.65 Å². The van der Waals surface area contributed by atoms with E-state index >= 15 is 0 Å². The molecular weight excluding hydrogens is 399 g/mol. The molecule has 1 atom stereocenters. The van der Waals surface area contributed by atoms with Crippen molar-refractivity contribution >= 4 is 16.9 Å². The van der Waals surface area contributed by atoms with E-state index in [1.807, 2.05) is 13.8 Å². The molecule has 3 aromatic rings. The van der Waals surface area contributed by atoms with Crippen molar-refractivity contribution in [3.05, 3.63) is 46.9 Å². The van der Waals surface area contributed by atoms with E-state index in [0.29, 0.717) is 36.6 Å². The molecule has 164 valence electrons. The van der Waals surface area contributed by atoms with Gasteiger partial charge < -0.3 is 14.8 Å². The summed E-state index contributed by atoms with van der Waals surface area (Å²) in [7, 11) is 1.56. The second-order valence-corrected chi connectivity index (χ2v) is 7.84. The second-order valence-electron chi connectivity index (χ2n) is 7.84. The quantitative estimate of drug-likeness (QED) is 0.626. The van der Waals surface area contributed by atoms with Crippen LogP contribution < -0.4 is 10.1 Å². The summed E-state index contributed by atoms with van der Waals surface area (Å²) in [5.74, 6) is 0.0897. The molecular formula is C23H27FN4O3. The highest BCUT2D eigenvalue weighted by molar-refractivity contribution is 5.86. The molecule has 1 aliphatic rings. The third kappa shape index (κ3) is 4.39. The number of aryl methyl sites for hydroxylation is 2. The van der Waals surface area contributed by atoms with Crippen molar-refractivity contribution in [2.24, 2.45) is 0 Å². The van der Waals surface area contributed by atoms with Crippen LogP contribution in [-0.2, 0) is 16.0 Å². The van der Waals surface area contributed by atoms with Gasteiger partial charge >= 0.3 is 0 Å². The lowest BCUT2D eigenvalue weighted by atomic mass is 10.0. The number of nitrogens with one attached hydrogen (secondary N) is 1. The number of benzene rings is 1. The lowest BCUT2D eigenvalue weighted by Gasteiger charge is -2.14. The summed E-state index contributed by atoms with van der Waals surface area (Å²) < 4.78 is 26.5. The zero-order valence-corrected chi connectivity index (χ0v) is 18.1. The molecule has 0 aliphatic carbocycles. The number of hydrogen-bond acceptors (Lipinski definition) is 5. The minimum atomic E-state index is -0.340. The largest absolute Gasteiger partial charge is 0.481 e. The maximum absolute atomic E-state index is 13.8. The van der Waals surface area contributed by atoms with Crippen LogP contribution >= 0.6 is 0 Å². The zero-order chi connectivity index (χ0) is 22.0. The Morgan fingerprint density at radius 1 is 1.39 bits per heavy atom. The average Bonchev–Trinajstić information content (AvgIpc) is 3.39. The first-order valence-electron chi connectivity index (χ1n) is 10.5. The van der Waals surface area contributed by atoms with E-state index in [1.165, 1.54) is 12.1 Å². The van der Waals surface area contributed by atoms with Gasteiger partial charge in [-0.25, -0.2) is 9.07 Å². The number of carbonyl (C=O) groups is 1. The van der Waals surface area contributed by atoms with Gasteiger partial charge in [0.2, 0.25) is 11.8 Å². The summed E-state index contributed by atoms with van der Waals surface area (Å²) in [6, 6.07) is 6.23. The topological polar surface area (TPSA) is 78.3 Å². The van der Waals surface area contributed by atoms with Gasteiger partial charge in [0.1, 0.15) is 5.82 Å². The van der Waals surface area contributed by atoms with Crippen LogP contribution in [-0.4, -0.2) is 47.0 Å². The lowest BCUT2D eigenvalue weighted by Crippen LogP contribution is -2.31. The summed E-state index contributed by atoms with van der Waals surface area (Å²) in [5.41, 5.74) is 3.83. The summed E-state index contributed by atoms with van der Waals surface area (Å²) in [4.78, 5) is 17.0. The lowest BCUT2D eigenvalue weighted by molar-refractivity contribution is -0.121. The zero-order valence-electron chi connectivity index (χ0n) is 18.1. The minimum Gasteiger partial charge on any atom is -0.481 e. The fraction of sp³-hybridized carbons (Fsp3) is 0.435. The Morgan fingerprint density at radius 3 is 2.94 bits per heavy atom. The van der Waals surface area contributed by atoms with Crippen molar-refractivity contribution in [3.63, 3.8) is 0 Å². The summed E-state index contributed by atoms with van der Waals surface area (Å²) in [5, 5.41) is 8.43. The van der Waals surface area contributed by atoms with E-state index in [1.54, 1.807) is 23.9 Å². The van der Waals surface area contributed by atoms with E-state index in [9.17, 15) is 9.18 Å². The standard InChI is InChI=1S/C23H27FN4O3/c1-14-19(9-10-20(29)25-13-18-8-5-11-31-18)23(30-3)26-22-21(14)15(2)27-28(22)17-7-4-6-16(24)12-17/h4,6-7,12,18H,5,8-11,13H2,1-3H3,(H,25,29). The molecule has 8 heteroatoms. The van der Waals surface area contributed by atoms with Crippen LogP contribution in [0.2, 0.25) is 0 Å². The third-order valence-corrected chi connectivity index (χ3v) is 5.73. The number of methoxy groups -OCH3 is 1. The van der Waals surface area contributed by atoms with Gasteiger partial charge in [0.25, 0.3) is 0 Å². The van der Waals surface area contributed by atoms with Gasteiger partial charge in [-0.1, -0.05) is 6.07 Å². The van der Waals surface area contributed by atoms with Gasteiger partial charge in [-0.15, -0.1) is 0 Å². The SMILES string of the molecule is COc1nc2c(c(C)nn2-c2cccc(F)c2)c(C)c1CCC(=O)NCC1CCCO1. The van der Waals surface area contributed by atoms with E-state index in [2.05, 4.69) is 15.4 Å². The minimum absolute atomic E-state index is 0.0239. The molecule has 2 aromatic heterocycles. The normalized spacial score (nSPS) is 16.1. The van der Waals surface area contributed by atoms with Crippen LogP contribution in [0.4, 0.5) is 4.39 Å². The second kappa shape index (κ2) is 9.01. The highest BCUT2D eigenvalue weighted by Gasteiger charge is 2.21. The molecule has 1 aliphatic heterocycles. The van der Waals surface area contributed by atoms with E-state index in [-0.39, 0.29) is 17.8 Å². The molecule has 1 unspecified atom stereocenters. The van der Waals surface area contributed by atoms with E-state index in [0.717, 1.165) is 41.7 Å². The van der Waals surface area contributed by atoms with Crippen LogP contribution in [0.15, 0.2) is 24.3 Å². The van der Waals surface area contributed by atoms with E-state index < -0.39 is 0 Å². The van der Waals surface area contributed by atoms with Crippen LogP contribution in [0, 0.1) is 19.7 Å². The number of pyridine rings is 1. The van der Waals surface area contributed by atoms with Crippen molar-refractivity contribution in [3.8, 4) is 11.6 Å². The molecule has 0 bridgehead atoms. The van der Waals surface area contributed by atoms with Crippen molar-refractivity contribution in [1.82, 2.24) is 20.1 Å². The first-order chi connectivity index (χ1) is 15.0. The summed E-state index contributed by atoms with van der Waals surface area (Å²) in [6.07, 6.45) is 2.98. The van der Waals surface area contributed by atoms with Crippen LogP contribution in [0.25, 0.3) is 16.7 Å². The van der Waals surface area contributed by atoms with Crippen molar-refractivity contribution in [2.75, 3.05) is 20.3 Å². The predicted octanol–water partition coefficient (Wildman–Crippen LogP) is 3.41. The van der Waals surface area contributed by atoms with E-state index in [4.69, 9.17) is 9.47 Å². The fourth-order valence-electron chi connectivity index (χ4n) is 4.14. The van der Waals surface area contributed by atoms with Gasteiger partial charge in [-0.05, 0) is 56.9 Å². The molecule has 1 N–H and O–H groups in total. The molecule has 31 heavy (non-hydrogen) atoms. The molecule has 7 nitrogen and oxygen atoms in total. The summed E-state index contributed by atoms with van der Waals surface area (Å²) >= 11 is 0. The maximum Gasteiger partial charge on any atom is 0.220 e. The molecule has 0 saturated carbocycles. The van der Waals surface area contributed by atoms with Crippen molar-refractivity contribution in [2.45, 2.75) is 45.6 Å². The Balaban J connectivity index is 1.60. The average molecular weight is 426 g/mol. The molecule has 0 radical (unpaired) electrons. The van der Waals surface area contributed by atoms with Gasteiger partial charge in [0.05, 0.1) is 24.6 Å². The molecule has 1 amide bonds. The smallest absolute Gasteiger partial charge is 0.220 e. The molecule has 0 spiro atoms. The molecule has 4 rings (SSSR count). The van der Waals surface area contributed by atoms with Crippen LogP contribution in [0.3, 0.4) is 0 Å². The Morgan fingerprint density at radius 2 is 2.23 bits per heavy atom. The maximum atomic E-state index is 13.8. The Kier molecular flexibility index (Phi) is 6.18. The first-order valence-corrected chi connectivity index (χ1v) is 10.5. The number of rotatable bonds is 7. The first kappa shape index (κ1) is 21.2. The highest BCUT2D eigenvalue weighted by atomic mass is 19.1. The number of hydrogen-bond donors (Lipinski definition) is 1. The van der Waals surface area contributed by atoms with Crippen LogP contribution in [0.5, 0.6) is 5.88 Å². The predicted molar refractivity (Wildman–Crippen MR) is 115 cm³/mol. The van der Waals surface area contributed by atoms with Gasteiger partial charge in [-0.3, -0.25) is 4.79 Å². The monoisotopic (exact) mass is 426 g/mol. The number of carbonyl (C=O) groups excluding carboxylic acids is 1. The number of aromatic nitrogens is 3. The molecule has 1 saturated heterocycles. The van der Waals surface area contributed by atoms with Crippen molar-refractivity contribution < 1.29 is 18.7 Å². The van der Waals surface area contributed by atoms with Gasteiger partial charge in [0, 0.05) is 30.5 Å². The number of nitrogens with zero attached hydrogens (tertiary/aromatic N) is 3. The van der Waals surface area contributed by atoms with Gasteiger partial charge in [-0.2, -0.15) is 10.1 Å². The molecule has 1 fully saturated rings. The number of halogens is 1. The third-order valence-electron chi connectivity index (χ3n) is 5.73. The Labute approximate surface area is 180 Å². The number of amides is 1. The summed E-state index contributed by atoms with van der Waals surface area (Å²) in [6.45, 7) is 5.20. The number of fused-ring (bicyclic) bond motifs is 1. The Bertz CT molecular complexity index is 1110. The van der Waals surface area contributed by atoms with Crippen LogP contribution in [0.1, 0.15) is 36.1 Å². The van der Waals surface area contributed by atoms with Crippen molar-refractivity contribution in [1.29, 1.82) is 0 Å². The molecule has 1 aromatic carbocycles. The Hall–Kier alpha value is -3.00. The fourth-order valence-corrected chi connectivity index (χ4v) is 4.14.